The topological polar surface area (TPSA) is 67.2 Å². The molecule has 0 aliphatic carbocycles. The molecule has 1 aromatic heterocycles. The van der Waals surface area contributed by atoms with E-state index in [4.69, 9.17) is 11.6 Å². The number of carbonyl (C=O) groups is 1. The third-order valence-corrected chi connectivity index (χ3v) is 3.77. The molecule has 0 saturated heterocycles. The Hall–Kier alpha value is -2.11. The molecule has 1 amide bonds. The fraction of sp³-hybridized carbons (Fsp3) is 0.250. The number of aromatic nitrogens is 2. The Morgan fingerprint density at radius 3 is 2.86 bits per heavy atom. The van der Waals surface area contributed by atoms with Crippen molar-refractivity contribution in [2.45, 2.75) is 13.0 Å². The Morgan fingerprint density at radius 2 is 2.23 bits per heavy atom. The standard InChI is InChI=1S/C16H18ClN3O2/c1-11-12(9-19-20(11)2)7-8-16(22)18-10-15(21)13-5-3-4-6-14(13)17/h3-9,15,21H,10H2,1-2H3,(H,18,22)/b8-7+. The lowest BCUT2D eigenvalue weighted by Gasteiger charge is -2.12. The highest BCUT2D eigenvalue weighted by atomic mass is 35.5. The average Bonchev–Trinajstić information content (AvgIpc) is 2.82. The molecule has 0 fully saturated rings. The van der Waals surface area contributed by atoms with Gasteiger partial charge in [0.15, 0.2) is 0 Å². The third kappa shape index (κ3) is 3.96. The van der Waals surface area contributed by atoms with Crippen LogP contribution < -0.4 is 5.32 Å². The second-order valence-corrected chi connectivity index (χ2v) is 5.33. The molecule has 116 valence electrons. The Kier molecular flexibility index (Phi) is 5.35. The van der Waals surface area contributed by atoms with Crippen molar-refractivity contribution in [3.63, 3.8) is 0 Å². The summed E-state index contributed by atoms with van der Waals surface area (Å²) in [6.45, 7) is 2.02. The van der Waals surface area contributed by atoms with Crippen molar-refractivity contribution in [1.82, 2.24) is 15.1 Å². The molecule has 2 aromatic rings. The number of aliphatic hydroxyl groups is 1. The predicted molar refractivity (Wildman–Crippen MR) is 86.4 cm³/mol. The summed E-state index contributed by atoms with van der Waals surface area (Å²) in [4.78, 5) is 11.8. The minimum Gasteiger partial charge on any atom is -0.387 e. The number of aryl methyl sites for hydroxylation is 1. The quantitative estimate of drug-likeness (QED) is 0.831. The number of hydrogen-bond donors (Lipinski definition) is 2. The van der Waals surface area contributed by atoms with E-state index in [0.29, 0.717) is 10.6 Å². The highest BCUT2D eigenvalue weighted by Crippen LogP contribution is 2.21. The number of hydrogen-bond acceptors (Lipinski definition) is 3. The van der Waals surface area contributed by atoms with E-state index in [1.165, 1.54) is 6.08 Å². The Morgan fingerprint density at radius 1 is 1.50 bits per heavy atom. The molecule has 22 heavy (non-hydrogen) atoms. The van der Waals surface area contributed by atoms with E-state index in [2.05, 4.69) is 10.4 Å². The Bertz CT molecular complexity index is 694. The van der Waals surface area contributed by atoms with Crippen molar-refractivity contribution in [3.8, 4) is 0 Å². The van der Waals surface area contributed by atoms with Crippen LogP contribution in [0.15, 0.2) is 36.5 Å². The monoisotopic (exact) mass is 319 g/mol. The zero-order valence-corrected chi connectivity index (χ0v) is 13.2. The molecule has 2 rings (SSSR count). The molecule has 1 unspecified atom stereocenters. The van der Waals surface area contributed by atoms with Crippen molar-refractivity contribution in [2.75, 3.05) is 6.54 Å². The highest BCUT2D eigenvalue weighted by Gasteiger charge is 2.11. The van der Waals surface area contributed by atoms with Crippen LogP contribution >= 0.6 is 11.6 Å². The molecule has 1 heterocycles. The second-order valence-electron chi connectivity index (χ2n) is 4.92. The second kappa shape index (κ2) is 7.24. The van der Waals surface area contributed by atoms with Gasteiger partial charge in [0.05, 0.1) is 12.3 Å². The van der Waals surface area contributed by atoms with E-state index in [-0.39, 0.29) is 12.5 Å². The van der Waals surface area contributed by atoms with Gasteiger partial charge >= 0.3 is 0 Å². The van der Waals surface area contributed by atoms with Crippen molar-refractivity contribution in [3.05, 3.63) is 58.4 Å². The zero-order valence-electron chi connectivity index (χ0n) is 12.5. The maximum absolute atomic E-state index is 11.8. The maximum Gasteiger partial charge on any atom is 0.244 e. The van der Waals surface area contributed by atoms with Crippen LogP contribution in [0.25, 0.3) is 6.08 Å². The maximum atomic E-state index is 11.8. The molecule has 0 aliphatic rings. The minimum atomic E-state index is -0.842. The number of rotatable bonds is 5. The Labute approximate surface area is 134 Å². The Balaban J connectivity index is 1.90. The summed E-state index contributed by atoms with van der Waals surface area (Å²) in [6, 6.07) is 7.01. The van der Waals surface area contributed by atoms with Gasteiger partial charge in [0.1, 0.15) is 0 Å². The summed E-state index contributed by atoms with van der Waals surface area (Å²) in [5.41, 5.74) is 2.45. The van der Waals surface area contributed by atoms with E-state index in [1.807, 2.05) is 14.0 Å². The SMILES string of the molecule is Cc1c(/C=C/C(=O)NCC(O)c2ccccc2Cl)cnn1C. The first-order valence-corrected chi connectivity index (χ1v) is 7.24. The van der Waals surface area contributed by atoms with Gasteiger partial charge in [0.25, 0.3) is 0 Å². The summed E-state index contributed by atoms with van der Waals surface area (Å²) in [5.74, 6) is -0.283. The molecule has 0 aliphatic heterocycles. The van der Waals surface area contributed by atoms with Gasteiger partial charge in [-0.1, -0.05) is 29.8 Å². The smallest absolute Gasteiger partial charge is 0.244 e. The number of nitrogens with zero attached hydrogens (tertiary/aromatic N) is 2. The van der Waals surface area contributed by atoms with Gasteiger partial charge in [-0.25, -0.2) is 0 Å². The first kappa shape index (κ1) is 16.3. The molecule has 0 spiro atoms. The molecule has 2 N–H and O–H groups in total. The van der Waals surface area contributed by atoms with E-state index < -0.39 is 6.10 Å². The fourth-order valence-electron chi connectivity index (χ4n) is 1.96. The number of amides is 1. The van der Waals surface area contributed by atoms with Crippen molar-refractivity contribution < 1.29 is 9.90 Å². The van der Waals surface area contributed by atoms with E-state index >= 15 is 0 Å². The van der Waals surface area contributed by atoms with Crippen LogP contribution in [0.4, 0.5) is 0 Å². The highest BCUT2D eigenvalue weighted by molar-refractivity contribution is 6.31. The van der Waals surface area contributed by atoms with Crippen molar-refractivity contribution in [2.24, 2.45) is 7.05 Å². The van der Waals surface area contributed by atoms with Crippen LogP contribution in [0, 0.1) is 6.92 Å². The van der Waals surface area contributed by atoms with Crippen LogP contribution in [-0.4, -0.2) is 27.3 Å². The van der Waals surface area contributed by atoms with Gasteiger partial charge in [-0.15, -0.1) is 0 Å². The first-order chi connectivity index (χ1) is 10.5. The van der Waals surface area contributed by atoms with Crippen LogP contribution in [0.5, 0.6) is 0 Å². The number of aliphatic hydroxyl groups excluding tert-OH is 1. The summed E-state index contributed by atoms with van der Waals surface area (Å²) in [6.07, 6.45) is 3.96. The molecular formula is C16H18ClN3O2. The third-order valence-electron chi connectivity index (χ3n) is 3.42. The molecule has 0 saturated carbocycles. The molecule has 5 nitrogen and oxygen atoms in total. The lowest BCUT2D eigenvalue weighted by Crippen LogP contribution is -2.26. The summed E-state index contributed by atoms with van der Waals surface area (Å²) < 4.78 is 1.73. The molecule has 0 radical (unpaired) electrons. The van der Waals surface area contributed by atoms with Crippen molar-refractivity contribution >= 4 is 23.6 Å². The molecule has 1 aromatic carbocycles. The molecule has 1 atom stereocenters. The number of nitrogens with one attached hydrogen (secondary N) is 1. The number of carbonyl (C=O) groups excluding carboxylic acids is 1. The zero-order chi connectivity index (χ0) is 16.1. The largest absolute Gasteiger partial charge is 0.387 e. The van der Waals surface area contributed by atoms with Crippen LogP contribution in [0.3, 0.4) is 0 Å². The molecule has 0 bridgehead atoms. The van der Waals surface area contributed by atoms with Gasteiger partial charge in [-0.3, -0.25) is 9.48 Å². The number of benzene rings is 1. The lowest BCUT2D eigenvalue weighted by molar-refractivity contribution is -0.116. The average molecular weight is 320 g/mol. The van der Waals surface area contributed by atoms with Gasteiger partial charge in [-0.05, 0) is 19.1 Å². The van der Waals surface area contributed by atoms with Gasteiger partial charge in [-0.2, -0.15) is 5.10 Å². The van der Waals surface area contributed by atoms with Crippen LogP contribution in [-0.2, 0) is 11.8 Å². The first-order valence-electron chi connectivity index (χ1n) is 6.86. The van der Waals surface area contributed by atoms with Gasteiger partial charge in [0, 0.05) is 41.5 Å². The number of halogens is 1. The normalized spacial score (nSPS) is 12.5. The van der Waals surface area contributed by atoms with Crippen LogP contribution in [0.2, 0.25) is 5.02 Å². The van der Waals surface area contributed by atoms with Gasteiger partial charge in [0.2, 0.25) is 5.91 Å². The molecule has 6 heteroatoms. The van der Waals surface area contributed by atoms with E-state index in [1.54, 1.807) is 41.2 Å². The van der Waals surface area contributed by atoms with Gasteiger partial charge < -0.3 is 10.4 Å². The summed E-state index contributed by atoms with van der Waals surface area (Å²) >= 11 is 6.00. The fourth-order valence-corrected chi connectivity index (χ4v) is 2.22. The van der Waals surface area contributed by atoms with E-state index in [9.17, 15) is 9.90 Å². The van der Waals surface area contributed by atoms with Crippen molar-refractivity contribution in [1.29, 1.82) is 0 Å². The van der Waals surface area contributed by atoms with Crippen LogP contribution in [0.1, 0.15) is 22.9 Å². The molecular weight excluding hydrogens is 302 g/mol. The summed E-state index contributed by atoms with van der Waals surface area (Å²) in [5, 5.41) is 17.3. The minimum absolute atomic E-state index is 0.0962. The summed E-state index contributed by atoms with van der Waals surface area (Å²) in [7, 11) is 1.84. The lowest BCUT2D eigenvalue weighted by atomic mass is 10.1. The van der Waals surface area contributed by atoms with E-state index in [0.717, 1.165) is 11.3 Å². The predicted octanol–water partition coefficient (Wildman–Crippen LogP) is 2.24.